The molecule has 0 unspecified atom stereocenters. The number of aryl methyl sites for hydroxylation is 1. The number of pyridine rings is 1. The third-order valence-electron chi connectivity index (χ3n) is 4.22. The van der Waals surface area contributed by atoms with Gasteiger partial charge in [0.2, 0.25) is 0 Å². The number of hydrazone groups is 1. The van der Waals surface area contributed by atoms with Crippen LogP contribution in [0.3, 0.4) is 0 Å². The number of amidine groups is 1. The second kappa shape index (κ2) is 8.76. The van der Waals surface area contributed by atoms with E-state index in [0.717, 1.165) is 34.0 Å². The van der Waals surface area contributed by atoms with Gasteiger partial charge < -0.3 is 20.0 Å². The van der Waals surface area contributed by atoms with E-state index in [2.05, 4.69) is 48.4 Å². The molecule has 148 valence electrons. The van der Waals surface area contributed by atoms with Crippen molar-refractivity contribution in [2.75, 3.05) is 34.4 Å². The van der Waals surface area contributed by atoms with Crippen molar-refractivity contribution < 1.29 is 4.74 Å². The molecule has 0 aromatic carbocycles. The molecule has 0 saturated heterocycles. The van der Waals surface area contributed by atoms with Crippen LogP contribution in [0, 0.1) is 0 Å². The molecule has 28 heavy (non-hydrogen) atoms. The van der Waals surface area contributed by atoms with Gasteiger partial charge in [-0.3, -0.25) is 0 Å². The van der Waals surface area contributed by atoms with E-state index in [-0.39, 0.29) is 6.54 Å². The number of aromatic nitrogens is 2. The summed E-state index contributed by atoms with van der Waals surface area (Å²) in [5.41, 5.74) is 9.66. The molecule has 0 radical (unpaired) electrons. The van der Waals surface area contributed by atoms with E-state index in [0.29, 0.717) is 29.6 Å². The average Bonchev–Trinajstić information content (AvgIpc) is 3.00. The maximum Gasteiger partial charge on any atom is 0.143 e. The molecule has 0 amide bonds. The Kier molecular flexibility index (Phi) is 6.38. The number of methoxy groups -OCH3 is 1. The van der Waals surface area contributed by atoms with E-state index >= 15 is 0 Å². The Bertz CT molecular complexity index is 988. The fourth-order valence-corrected chi connectivity index (χ4v) is 3.38. The van der Waals surface area contributed by atoms with Gasteiger partial charge in [0.25, 0.3) is 0 Å². The molecule has 9 heteroatoms. The van der Waals surface area contributed by atoms with E-state index in [1.807, 2.05) is 26.4 Å². The molecule has 3 heterocycles. The first-order valence-corrected chi connectivity index (χ1v) is 9.69. The molecule has 8 nitrogen and oxygen atoms in total. The molecule has 0 saturated carbocycles. The summed E-state index contributed by atoms with van der Waals surface area (Å²) in [4.78, 5) is 13.5. The molecule has 1 aliphatic rings. The van der Waals surface area contributed by atoms with Gasteiger partial charge in [-0.1, -0.05) is 6.58 Å². The standard InChI is InChI=1S/C19H24BrN7O/c1-12-18(25-26(2)3)19(24-17(9-21)23-12)14-11-27(6-5-7-28-4)15-10-22-16(20)8-13(14)15/h8,10-11H,1,5-7,9,21H2,2-4H3/b25-18+. The zero-order valence-corrected chi connectivity index (χ0v) is 17.9. The van der Waals surface area contributed by atoms with Crippen LogP contribution >= 0.6 is 15.9 Å². The van der Waals surface area contributed by atoms with Gasteiger partial charge in [0.15, 0.2) is 0 Å². The fourth-order valence-electron chi connectivity index (χ4n) is 3.05. The monoisotopic (exact) mass is 445 g/mol. The van der Waals surface area contributed by atoms with Gasteiger partial charge >= 0.3 is 0 Å². The smallest absolute Gasteiger partial charge is 0.143 e. The number of halogens is 1. The summed E-state index contributed by atoms with van der Waals surface area (Å²) in [6, 6.07) is 1.99. The van der Waals surface area contributed by atoms with Crippen molar-refractivity contribution >= 4 is 44.1 Å². The Labute approximate surface area is 172 Å². The summed E-state index contributed by atoms with van der Waals surface area (Å²) in [5, 5.41) is 7.31. The van der Waals surface area contributed by atoms with Gasteiger partial charge in [-0.25, -0.2) is 15.0 Å². The highest BCUT2D eigenvalue weighted by Crippen LogP contribution is 2.27. The number of aliphatic imine (C=N–C) groups is 2. The predicted molar refractivity (Wildman–Crippen MR) is 117 cm³/mol. The lowest BCUT2D eigenvalue weighted by atomic mass is 10.0. The molecule has 1 aliphatic heterocycles. The van der Waals surface area contributed by atoms with Crippen molar-refractivity contribution in [3.63, 3.8) is 0 Å². The molecule has 0 fully saturated rings. The Balaban J connectivity index is 2.19. The quantitative estimate of drug-likeness (QED) is 0.402. The predicted octanol–water partition coefficient (Wildman–Crippen LogP) is 2.43. The molecule has 0 spiro atoms. The summed E-state index contributed by atoms with van der Waals surface area (Å²) in [7, 11) is 5.42. The molecular formula is C19H24BrN7O. The van der Waals surface area contributed by atoms with Gasteiger partial charge in [-0.05, 0) is 28.4 Å². The van der Waals surface area contributed by atoms with Gasteiger partial charge in [0.1, 0.15) is 21.9 Å². The van der Waals surface area contributed by atoms with Crippen LogP contribution < -0.4 is 5.73 Å². The minimum atomic E-state index is 0.232. The van der Waals surface area contributed by atoms with Crippen LogP contribution in [0.4, 0.5) is 0 Å². The minimum absolute atomic E-state index is 0.232. The van der Waals surface area contributed by atoms with E-state index in [1.165, 1.54) is 0 Å². The van der Waals surface area contributed by atoms with E-state index in [1.54, 1.807) is 12.1 Å². The lowest BCUT2D eigenvalue weighted by Gasteiger charge is -2.17. The molecule has 2 N–H and O–H groups in total. The zero-order valence-electron chi connectivity index (χ0n) is 16.3. The SMILES string of the molecule is C=C1N=C(CN)N=C(c2cn(CCCOC)c3cnc(Br)cc23)/C1=N/N(C)C. The Morgan fingerprint density at radius 2 is 2.14 bits per heavy atom. The molecule has 2 aromatic rings. The summed E-state index contributed by atoms with van der Waals surface area (Å²) in [5.74, 6) is 0.533. The van der Waals surface area contributed by atoms with Crippen LogP contribution in [-0.4, -0.2) is 66.2 Å². The van der Waals surface area contributed by atoms with Crippen molar-refractivity contribution in [1.29, 1.82) is 0 Å². The van der Waals surface area contributed by atoms with Gasteiger partial charge in [-0.15, -0.1) is 0 Å². The second-order valence-electron chi connectivity index (χ2n) is 6.54. The fraction of sp³-hybridized carbons (Fsp3) is 0.368. The molecular weight excluding hydrogens is 422 g/mol. The Morgan fingerprint density at radius 1 is 1.36 bits per heavy atom. The second-order valence-corrected chi connectivity index (χ2v) is 7.35. The number of hydrogen-bond donors (Lipinski definition) is 1. The maximum absolute atomic E-state index is 5.81. The van der Waals surface area contributed by atoms with E-state index < -0.39 is 0 Å². The first-order chi connectivity index (χ1) is 13.4. The lowest BCUT2D eigenvalue weighted by Crippen LogP contribution is -2.28. The van der Waals surface area contributed by atoms with Crippen LogP contribution in [0.5, 0.6) is 0 Å². The third-order valence-corrected chi connectivity index (χ3v) is 4.66. The Hall–Kier alpha value is -2.36. The van der Waals surface area contributed by atoms with Crippen molar-refractivity contribution in [3.05, 3.63) is 40.9 Å². The highest BCUT2D eigenvalue weighted by atomic mass is 79.9. The summed E-state index contributed by atoms with van der Waals surface area (Å²) >= 11 is 3.48. The molecule has 3 rings (SSSR count). The zero-order chi connectivity index (χ0) is 20.3. The number of ether oxygens (including phenoxy) is 1. The highest BCUT2D eigenvalue weighted by molar-refractivity contribution is 9.10. The normalized spacial score (nSPS) is 15.9. The van der Waals surface area contributed by atoms with Gasteiger partial charge in [0.05, 0.1) is 24.0 Å². The van der Waals surface area contributed by atoms with Gasteiger partial charge in [0, 0.05) is 51.5 Å². The van der Waals surface area contributed by atoms with Crippen molar-refractivity contribution in [3.8, 4) is 0 Å². The first kappa shape index (κ1) is 20.4. The van der Waals surface area contributed by atoms with Gasteiger partial charge in [-0.2, -0.15) is 5.10 Å². The third kappa shape index (κ3) is 4.21. The van der Waals surface area contributed by atoms with Crippen LogP contribution in [0.25, 0.3) is 10.9 Å². The molecule has 0 bridgehead atoms. The highest BCUT2D eigenvalue weighted by Gasteiger charge is 2.25. The van der Waals surface area contributed by atoms with Crippen molar-refractivity contribution in [2.45, 2.75) is 13.0 Å². The number of nitrogens with zero attached hydrogens (tertiary/aromatic N) is 6. The summed E-state index contributed by atoms with van der Waals surface area (Å²) in [6.07, 6.45) is 4.82. The topological polar surface area (TPSA) is 93.4 Å². The van der Waals surface area contributed by atoms with Crippen molar-refractivity contribution in [1.82, 2.24) is 14.6 Å². The first-order valence-electron chi connectivity index (χ1n) is 8.90. The minimum Gasteiger partial charge on any atom is -0.385 e. The average molecular weight is 446 g/mol. The van der Waals surface area contributed by atoms with Crippen LogP contribution in [0.1, 0.15) is 12.0 Å². The number of nitrogens with two attached hydrogens (primary N) is 1. The number of hydrogen-bond acceptors (Lipinski definition) is 7. The number of fused-ring (bicyclic) bond motifs is 1. The lowest BCUT2D eigenvalue weighted by molar-refractivity contribution is 0.190. The molecule has 2 aromatic heterocycles. The largest absolute Gasteiger partial charge is 0.385 e. The summed E-state index contributed by atoms with van der Waals surface area (Å²) in [6.45, 7) is 5.79. The van der Waals surface area contributed by atoms with Crippen LogP contribution in [0.15, 0.2) is 50.4 Å². The number of rotatable bonds is 7. The van der Waals surface area contributed by atoms with Crippen molar-refractivity contribution in [2.24, 2.45) is 20.8 Å². The molecule has 0 atom stereocenters. The summed E-state index contributed by atoms with van der Waals surface area (Å²) < 4.78 is 8.11. The number of allylic oxidation sites excluding steroid dienone is 1. The van der Waals surface area contributed by atoms with Crippen LogP contribution in [-0.2, 0) is 11.3 Å². The maximum atomic E-state index is 5.81. The van der Waals surface area contributed by atoms with E-state index in [4.69, 9.17) is 15.5 Å². The van der Waals surface area contributed by atoms with E-state index in [9.17, 15) is 0 Å². The Morgan fingerprint density at radius 3 is 2.82 bits per heavy atom. The van der Waals surface area contributed by atoms with Crippen LogP contribution in [0.2, 0.25) is 0 Å². The molecule has 0 aliphatic carbocycles.